The third kappa shape index (κ3) is 5.46. The van der Waals surface area contributed by atoms with E-state index in [4.69, 9.17) is 5.73 Å². The minimum atomic E-state index is -0.850. The molecular weight excluding hydrogens is 521 g/mol. The molecule has 0 radical (unpaired) electrons. The molecule has 10 nitrogen and oxygen atoms in total. The lowest BCUT2D eigenvalue weighted by Crippen LogP contribution is -2.35. The molecule has 4 aromatic heterocycles. The van der Waals surface area contributed by atoms with Crippen molar-refractivity contribution in [2.45, 2.75) is 44.9 Å². The van der Waals surface area contributed by atoms with Crippen LogP contribution in [0.4, 0.5) is 10.3 Å². The molecule has 41 heavy (non-hydrogen) atoms. The van der Waals surface area contributed by atoms with Crippen molar-refractivity contribution < 1.29 is 9.50 Å². The first-order valence-corrected chi connectivity index (χ1v) is 13.5. The molecule has 1 atom stereocenters. The van der Waals surface area contributed by atoms with Gasteiger partial charge in [-0.2, -0.15) is 10.2 Å². The van der Waals surface area contributed by atoms with Gasteiger partial charge in [0.15, 0.2) is 0 Å². The number of aliphatic hydroxyl groups is 1. The zero-order valence-electron chi connectivity index (χ0n) is 23.2. The van der Waals surface area contributed by atoms with Gasteiger partial charge in [-0.05, 0) is 56.5 Å². The second-order valence-corrected chi connectivity index (χ2v) is 11.3. The third-order valence-electron chi connectivity index (χ3n) is 7.40. The van der Waals surface area contributed by atoms with Crippen LogP contribution in [0.3, 0.4) is 0 Å². The Bertz CT molecular complexity index is 1710. The lowest BCUT2D eigenvalue weighted by atomic mass is 9.87. The quantitative estimate of drug-likeness (QED) is 0.312. The molecule has 5 aromatic rings. The molecule has 0 bridgehead atoms. The second-order valence-electron chi connectivity index (χ2n) is 11.3. The smallest absolute Gasteiger partial charge is 0.225 e. The predicted molar refractivity (Wildman–Crippen MR) is 154 cm³/mol. The minimum absolute atomic E-state index is 0.302. The fourth-order valence-corrected chi connectivity index (χ4v) is 5.11. The van der Waals surface area contributed by atoms with E-state index in [1.807, 2.05) is 23.8 Å². The van der Waals surface area contributed by atoms with Crippen LogP contribution >= 0.6 is 0 Å². The number of hydrogen-bond donors (Lipinski definition) is 2. The highest BCUT2D eigenvalue weighted by molar-refractivity contribution is 5.80. The van der Waals surface area contributed by atoms with Crippen LogP contribution < -0.4 is 10.6 Å². The average Bonchev–Trinajstić information content (AvgIpc) is 3.59. The molecule has 0 fully saturated rings. The summed E-state index contributed by atoms with van der Waals surface area (Å²) in [4.78, 5) is 15.9. The summed E-state index contributed by atoms with van der Waals surface area (Å²) in [6.45, 7) is 7.16. The van der Waals surface area contributed by atoms with Crippen molar-refractivity contribution in [2.75, 3.05) is 18.0 Å². The van der Waals surface area contributed by atoms with Crippen LogP contribution in [0.2, 0.25) is 0 Å². The van der Waals surface area contributed by atoms with Gasteiger partial charge in [0.1, 0.15) is 12.1 Å². The van der Waals surface area contributed by atoms with Gasteiger partial charge in [-0.15, -0.1) is 0 Å². The first-order chi connectivity index (χ1) is 19.6. The molecule has 0 spiro atoms. The molecule has 0 amide bonds. The number of rotatable bonds is 7. The summed E-state index contributed by atoms with van der Waals surface area (Å²) in [6, 6.07) is 8.25. The van der Waals surface area contributed by atoms with Crippen molar-refractivity contribution in [3.05, 3.63) is 96.4 Å². The van der Waals surface area contributed by atoms with E-state index in [2.05, 4.69) is 42.2 Å². The van der Waals surface area contributed by atoms with E-state index in [0.717, 1.165) is 52.0 Å². The lowest BCUT2D eigenvalue weighted by molar-refractivity contribution is 0.0577. The molecule has 1 unspecified atom stereocenters. The summed E-state index contributed by atoms with van der Waals surface area (Å²) < 4.78 is 17.0. The fourth-order valence-electron chi connectivity index (χ4n) is 5.11. The number of fused-ring (bicyclic) bond motifs is 1. The van der Waals surface area contributed by atoms with Crippen LogP contribution in [0.1, 0.15) is 44.0 Å². The van der Waals surface area contributed by atoms with E-state index in [1.165, 1.54) is 12.1 Å². The Hall–Kier alpha value is -4.48. The van der Waals surface area contributed by atoms with Gasteiger partial charge in [0.25, 0.3) is 0 Å². The van der Waals surface area contributed by atoms with Gasteiger partial charge in [-0.25, -0.2) is 23.9 Å². The largest absolute Gasteiger partial charge is 0.389 e. The molecule has 6 rings (SSSR count). The number of nitrogens with two attached hydrogens (primary N) is 1. The van der Waals surface area contributed by atoms with Crippen molar-refractivity contribution in [3.63, 3.8) is 0 Å². The number of nitrogens with zero attached hydrogens (tertiary/aromatic N) is 8. The molecule has 0 aliphatic carbocycles. The fraction of sp³-hybridized carbons (Fsp3) is 0.300. The monoisotopic (exact) mass is 553 g/mol. The average molecular weight is 554 g/mol. The van der Waals surface area contributed by atoms with Crippen LogP contribution in [0.15, 0.2) is 73.7 Å². The molecule has 210 valence electrons. The van der Waals surface area contributed by atoms with Crippen molar-refractivity contribution in [1.29, 1.82) is 0 Å². The standard InChI is InChI=1S/C30H32FN9O/c1-29(2,41)18-39-16-22(13-36-39)21-12-26-27(35-19-37-40(26)17-21)20-8-10-38(11-9-20)28-33-14-24(15-34-28)30(3,32)23-4-6-25(31)7-5-23/h4-8,12-17,19,41H,9-11,18,32H2,1-3H3. The zero-order valence-corrected chi connectivity index (χ0v) is 23.2. The molecule has 0 saturated heterocycles. The van der Waals surface area contributed by atoms with Crippen molar-refractivity contribution in [1.82, 2.24) is 34.3 Å². The van der Waals surface area contributed by atoms with E-state index >= 15 is 0 Å². The molecule has 5 heterocycles. The van der Waals surface area contributed by atoms with Gasteiger partial charge in [0.05, 0.1) is 35.1 Å². The third-order valence-corrected chi connectivity index (χ3v) is 7.40. The van der Waals surface area contributed by atoms with E-state index in [9.17, 15) is 9.50 Å². The summed E-state index contributed by atoms with van der Waals surface area (Å²) in [5, 5.41) is 18.9. The van der Waals surface area contributed by atoms with E-state index < -0.39 is 11.1 Å². The number of benzene rings is 1. The highest BCUT2D eigenvalue weighted by atomic mass is 19.1. The summed E-state index contributed by atoms with van der Waals surface area (Å²) in [6.07, 6.45) is 13.7. The highest BCUT2D eigenvalue weighted by Crippen LogP contribution is 2.30. The van der Waals surface area contributed by atoms with E-state index in [1.54, 1.807) is 55.6 Å². The van der Waals surface area contributed by atoms with E-state index in [0.29, 0.717) is 19.0 Å². The maximum atomic E-state index is 13.4. The van der Waals surface area contributed by atoms with Crippen LogP contribution in [-0.2, 0) is 12.1 Å². The Morgan fingerprint density at radius 1 is 0.951 bits per heavy atom. The van der Waals surface area contributed by atoms with Gasteiger partial charge in [0, 0.05) is 54.6 Å². The topological polar surface area (TPSA) is 123 Å². The zero-order chi connectivity index (χ0) is 28.8. The maximum absolute atomic E-state index is 13.4. The van der Waals surface area contributed by atoms with Crippen LogP contribution in [0, 0.1) is 5.82 Å². The Balaban J connectivity index is 1.19. The van der Waals surface area contributed by atoms with Gasteiger partial charge >= 0.3 is 0 Å². The van der Waals surface area contributed by atoms with E-state index in [-0.39, 0.29) is 5.82 Å². The van der Waals surface area contributed by atoms with Crippen LogP contribution in [0.25, 0.3) is 22.2 Å². The Morgan fingerprint density at radius 2 is 1.71 bits per heavy atom. The van der Waals surface area contributed by atoms with Gasteiger partial charge < -0.3 is 15.7 Å². The summed E-state index contributed by atoms with van der Waals surface area (Å²) in [5.74, 6) is 0.323. The van der Waals surface area contributed by atoms with Gasteiger partial charge in [-0.1, -0.05) is 18.2 Å². The summed E-state index contributed by atoms with van der Waals surface area (Å²) in [5.41, 5.74) is 11.3. The Kier molecular flexibility index (Phi) is 6.63. The van der Waals surface area contributed by atoms with Crippen LogP contribution in [0.5, 0.6) is 0 Å². The Labute approximate surface area is 237 Å². The van der Waals surface area contributed by atoms with Crippen molar-refractivity contribution in [3.8, 4) is 11.1 Å². The number of aromatic nitrogens is 7. The molecule has 3 N–H and O–H groups in total. The summed E-state index contributed by atoms with van der Waals surface area (Å²) >= 11 is 0. The lowest BCUT2D eigenvalue weighted by Gasteiger charge is -2.28. The summed E-state index contributed by atoms with van der Waals surface area (Å²) in [7, 11) is 0. The van der Waals surface area contributed by atoms with Crippen LogP contribution in [-0.4, -0.2) is 58.1 Å². The maximum Gasteiger partial charge on any atom is 0.225 e. The molecule has 1 aliphatic rings. The number of hydrogen-bond acceptors (Lipinski definition) is 8. The predicted octanol–water partition coefficient (Wildman–Crippen LogP) is 3.81. The normalized spacial score (nSPS) is 15.7. The number of anilines is 1. The molecule has 11 heteroatoms. The Morgan fingerprint density at radius 3 is 2.39 bits per heavy atom. The first-order valence-electron chi connectivity index (χ1n) is 13.5. The molecule has 1 aliphatic heterocycles. The van der Waals surface area contributed by atoms with Gasteiger partial charge in [-0.3, -0.25) is 4.68 Å². The second kappa shape index (κ2) is 10.2. The molecular formula is C30H32FN9O. The minimum Gasteiger partial charge on any atom is -0.389 e. The first kappa shape index (κ1) is 26.7. The van der Waals surface area contributed by atoms with Crippen molar-refractivity contribution >= 4 is 17.0 Å². The van der Waals surface area contributed by atoms with Gasteiger partial charge in [0.2, 0.25) is 5.95 Å². The van der Waals surface area contributed by atoms with Crippen molar-refractivity contribution in [2.24, 2.45) is 5.73 Å². The number of halogens is 1. The SMILES string of the molecule is CC(C)(O)Cn1cc(-c2cc3c(C4=CCN(c5ncc(C(C)(N)c6ccc(F)cc6)cn5)CC4)ncnn3c2)cn1. The molecule has 1 aromatic carbocycles. The highest BCUT2D eigenvalue weighted by Gasteiger charge is 2.26. The molecule has 0 saturated carbocycles.